The minimum atomic E-state index is 0.00947. The van der Waals surface area contributed by atoms with E-state index in [9.17, 15) is 4.79 Å². The minimum absolute atomic E-state index is 0.00947. The van der Waals surface area contributed by atoms with Gasteiger partial charge in [0.25, 0.3) is 5.91 Å². The summed E-state index contributed by atoms with van der Waals surface area (Å²) in [5.74, 6) is 0.694. The summed E-state index contributed by atoms with van der Waals surface area (Å²) in [5, 5.41) is 0.762. The molecule has 0 unspecified atom stereocenters. The van der Waals surface area contributed by atoms with E-state index in [1.807, 2.05) is 30.9 Å². The van der Waals surface area contributed by atoms with Crippen molar-refractivity contribution in [1.82, 2.24) is 4.90 Å². The molecule has 1 aromatic rings. The molecule has 100 valence electrons. The quantitative estimate of drug-likeness (QED) is 0.731. The normalized spacial score (nSPS) is 10.6. The predicted molar refractivity (Wildman–Crippen MR) is 80.7 cm³/mol. The van der Waals surface area contributed by atoms with Crippen LogP contribution in [-0.2, 0) is 0 Å². The minimum Gasteiger partial charge on any atom is -0.497 e. The second-order valence-electron chi connectivity index (χ2n) is 4.13. The molecule has 18 heavy (non-hydrogen) atoms. The molecule has 0 N–H and O–H groups in total. The van der Waals surface area contributed by atoms with Crippen molar-refractivity contribution in [1.29, 1.82) is 0 Å². The Kier molecular flexibility index (Phi) is 6.15. The Morgan fingerprint density at radius 2 is 2.11 bits per heavy atom. The number of nitrogens with zero attached hydrogens (tertiary/aromatic N) is 1. The van der Waals surface area contributed by atoms with Crippen LogP contribution in [0.1, 0.15) is 24.2 Å². The van der Waals surface area contributed by atoms with Gasteiger partial charge in [0.2, 0.25) is 0 Å². The Hall–Kier alpha value is -0.550. The van der Waals surface area contributed by atoms with Crippen molar-refractivity contribution in [3.63, 3.8) is 0 Å². The Balaban J connectivity index is 3.07. The number of amides is 1. The Morgan fingerprint density at radius 1 is 1.44 bits per heavy atom. The average Bonchev–Trinajstić information content (AvgIpc) is 2.35. The number of alkyl halides is 1. The highest BCUT2D eigenvalue weighted by molar-refractivity contribution is 9.10. The average molecular weight is 379 g/mol. The van der Waals surface area contributed by atoms with Crippen molar-refractivity contribution >= 4 is 37.8 Å². The van der Waals surface area contributed by atoms with Crippen LogP contribution in [0.5, 0.6) is 5.75 Å². The second-order valence-corrected chi connectivity index (χ2v) is 5.77. The first-order chi connectivity index (χ1) is 8.51. The van der Waals surface area contributed by atoms with Crippen molar-refractivity contribution in [2.24, 2.45) is 0 Å². The van der Waals surface area contributed by atoms with Gasteiger partial charge in [-0.05, 0) is 48.0 Å². The third kappa shape index (κ3) is 3.72. The molecule has 0 bridgehead atoms. The molecule has 3 nitrogen and oxygen atoms in total. The van der Waals surface area contributed by atoms with Gasteiger partial charge in [0, 0.05) is 22.4 Å². The fourth-order valence-electron chi connectivity index (χ4n) is 1.64. The van der Waals surface area contributed by atoms with Crippen LogP contribution in [0.3, 0.4) is 0 Å². The maximum atomic E-state index is 12.5. The van der Waals surface area contributed by atoms with Crippen molar-refractivity contribution < 1.29 is 9.53 Å². The van der Waals surface area contributed by atoms with Crippen molar-refractivity contribution in [2.75, 3.05) is 19.0 Å². The van der Waals surface area contributed by atoms with E-state index in [4.69, 9.17) is 4.74 Å². The molecule has 1 amide bonds. The van der Waals surface area contributed by atoms with Gasteiger partial charge in [0.15, 0.2) is 0 Å². The van der Waals surface area contributed by atoms with E-state index in [0.29, 0.717) is 17.9 Å². The summed E-state index contributed by atoms with van der Waals surface area (Å²) in [6.45, 7) is 4.70. The molecule has 0 radical (unpaired) electrons. The summed E-state index contributed by atoms with van der Waals surface area (Å²) in [7, 11) is 1.59. The van der Waals surface area contributed by atoms with Gasteiger partial charge < -0.3 is 9.64 Å². The van der Waals surface area contributed by atoms with Crippen LogP contribution >= 0.6 is 31.9 Å². The van der Waals surface area contributed by atoms with Gasteiger partial charge in [-0.25, -0.2) is 0 Å². The molecule has 0 atom stereocenters. The maximum absolute atomic E-state index is 12.5. The SMILES string of the molecule is COc1ccc(Br)c(C(=O)N(CCBr)C(C)C)c1. The van der Waals surface area contributed by atoms with Crippen LogP contribution in [0, 0.1) is 0 Å². The lowest BCUT2D eigenvalue weighted by Gasteiger charge is -2.26. The third-order valence-corrected chi connectivity index (χ3v) is 3.66. The lowest BCUT2D eigenvalue weighted by atomic mass is 10.1. The number of ether oxygens (including phenoxy) is 1. The monoisotopic (exact) mass is 377 g/mol. The summed E-state index contributed by atoms with van der Waals surface area (Å²) in [6.07, 6.45) is 0. The van der Waals surface area contributed by atoms with Crippen LogP contribution in [-0.4, -0.2) is 35.8 Å². The zero-order valence-electron chi connectivity index (χ0n) is 10.7. The van der Waals surface area contributed by atoms with Gasteiger partial charge in [-0.1, -0.05) is 15.9 Å². The van der Waals surface area contributed by atoms with Gasteiger partial charge in [-0.2, -0.15) is 0 Å². The second kappa shape index (κ2) is 7.14. The van der Waals surface area contributed by atoms with Crippen LogP contribution < -0.4 is 4.74 Å². The Bertz CT molecular complexity index is 421. The van der Waals surface area contributed by atoms with Gasteiger partial charge in [-0.3, -0.25) is 4.79 Å². The molecule has 0 aromatic heterocycles. The molecule has 0 aliphatic rings. The summed E-state index contributed by atoms with van der Waals surface area (Å²) in [4.78, 5) is 14.3. The third-order valence-electron chi connectivity index (χ3n) is 2.61. The fourth-order valence-corrected chi connectivity index (χ4v) is 2.43. The van der Waals surface area contributed by atoms with Gasteiger partial charge >= 0.3 is 0 Å². The van der Waals surface area contributed by atoms with Crippen molar-refractivity contribution in [3.8, 4) is 5.75 Å². The first-order valence-corrected chi connectivity index (χ1v) is 7.63. The molecule has 0 aliphatic heterocycles. The summed E-state index contributed by atoms with van der Waals surface area (Å²) in [5.41, 5.74) is 0.629. The molecule has 0 saturated heterocycles. The molecule has 0 aliphatic carbocycles. The zero-order valence-corrected chi connectivity index (χ0v) is 13.9. The van der Waals surface area contributed by atoms with Crippen LogP contribution in [0.15, 0.2) is 22.7 Å². The number of halogens is 2. The topological polar surface area (TPSA) is 29.5 Å². The molecular formula is C13H17Br2NO2. The lowest BCUT2D eigenvalue weighted by molar-refractivity contribution is 0.0718. The highest BCUT2D eigenvalue weighted by atomic mass is 79.9. The zero-order chi connectivity index (χ0) is 13.7. The van der Waals surface area contributed by atoms with Crippen molar-refractivity contribution in [3.05, 3.63) is 28.2 Å². The standard InChI is InChI=1S/C13H17Br2NO2/c1-9(2)16(7-6-14)13(17)11-8-10(18-3)4-5-12(11)15/h4-5,8-9H,6-7H2,1-3H3. The number of hydrogen-bond acceptors (Lipinski definition) is 2. The molecule has 0 spiro atoms. The van der Waals surface area contributed by atoms with Gasteiger partial charge in [-0.15, -0.1) is 0 Å². The van der Waals surface area contributed by atoms with Crippen molar-refractivity contribution in [2.45, 2.75) is 19.9 Å². The van der Waals surface area contributed by atoms with E-state index >= 15 is 0 Å². The van der Waals surface area contributed by atoms with Crippen LogP contribution in [0.25, 0.3) is 0 Å². The first kappa shape index (κ1) is 15.5. The molecule has 0 heterocycles. The smallest absolute Gasteiger partial charge is 0.255 e. The fraction of sp³-hybridized carbons (Fsp3) is 0.462. The number of benzene rings is 1. The Labute approximate surface area is 125 Å². The summed E-state index contributed by atoms with van der Waals surface area (Å²) >= 11 is 6.79. The van der Waals surface area contributed by atoms with Crippen LogP contribution in [0.4, 0.5) is 0 Å². The van der Waals surface area contributed by atoms with E-state index in [0.717, 1.165) is 9.80 Å². The Morgan fingerprint density at radius 3 is 2.61 bits per heavy atom. The van der Waals surface area contributed by atoms with Crippen LogP contribution in [0.2, 0.25) is 0 Å². The van der Waals surface area contributed by atoms with E-state index in [-0.39, 0.29) is 11.9 Å². The first-order valence-electron chi connectivity index (χ1n) is 5.71. The van der Waals surface area contributed by atoms with Gasteiger partial charge in [0.05, 0.1) is 12.7 Å². The van der Waals surface area contributed by atoms with E-state index in [2.05, 4.69) is 31.9 Å². The number of methoxy groups -OCH3 is 1. The molecule has 1 rings (SSSR count). The predicted octanol–water partition coefficient (Wildman–Crippen LogP) is 3.70. The molecular weight excluding hydrogens is 362 g/mol. The highest BCUT2D eigenvalue weighted by Gasteiger charge is 2.20. The number of carbonyl (C=O) groups is 1. The van der Waals surface area contributed by atoms with E-state index in [1.54, 1.807) is 13.2 Å². The largest absolute Gasteiger partial charge is 0.497 e. The number of rotatable bonds is 5. The molecule has 1 aromatic carbocycles. The van der Waals surface area contributed by atoms with Gasteiger partial charge in [0.1, 0.15) is 5.75 Å². The van der Waals surface area contributed by atoms with E-state index in [1.165, 1.54) is 0 Å². The lowest BCUT2D eigenvalue weighted by Crippen LogP contribution is -2.38. The molecule has 0 saturated carbocycles. The summed E-state index contributed by atoms with van der Waals surface area (Å²) < 4.78 is 5.95. The molecule has 0 fully saturated rings. The van der Waals surface area contributed by atoms with E-state index < -0.39 is 0 Å². The maximum Gasteiger partial charge on any atom is 0.255 e. The molecule has 5 heteroatoms. The highest BCUT2D eigenvalue weighted by Crippen LogP contribution is 2.24. The number of hydrogen-bond donors (Lipinski definition) is 0. The summed E-state index contributed by atoms with van der Waals surface area (Å²) in [6, 6.07) is 5.58. The number of carbonyl (C=O) groups excluding carboxylic acids is 1.